The zero-order valence-electron chi connectivity index (χ0n) is 20.9. The van der Waals surface area contributed by atoms with Gasteiger partial charge in [0.2, 0.25) is 0 Å². The Kier molecular flexibility index (Phi) is 4.79. The minimum absolute atomic E-state index is 0.629. The van der Waals surface area contributed by atoms with Crippen LogP contribution < -0.4 is 0 Å². The number of benzene rings is 6. The molecule has 182 valence electrons. The molecule has 0 aliphatic carbocycles. The summed E-state index contributed by atoms with van der Waals surface area (Å²) in [6, 6.07) is 43.5. The van der Waals surface area contributed by atoms with Crippen molar-refractivity contribution < 1.29 is 4.42 Å². The molecule has 2 aromatic heterocycles. The maximum absolute atomic E-state index is 6.23. The highest BCUT2D eigenvalue weighted by molar-refractivity contribution is 6.10. The number of furan rings is 1. The highest BCUT2D eigenvalue weighted by atomic mass is 16.3. The van der Waals surface area contributed by atoms with Crippen LogP contribution in [-0.2, 0) is 0 Å². The van der Waals surface area contributed by atoms with E-state index in [0.717, 1.165) is 49.4 Å². The maximum atomic E-state index is 6.23. The van der Waals surface area contributed by atoms with Gasteiger partial charge in [0.1, 0.15) is 11.2 Å². The SMILES string of the molecule is c1ccc(-c2nc(-c3ccc4ccccc4c3)nc(-c3ccc4oc5cc6ccccc6cc5c4c3)n2)cc1. The van der Waals surface area contributed by atoms with E-state index < -0.39 is 0 Å². The van der Waals surface area contributed by atoms with Crippen molar-refractivity contribution in [2.24, 2.45) is 0 Å². The molecule has 8 aromatic rings. The van der Waals surface area contributed by atoms with Gasteiger partial charge in [-0.3, -0.25) is 0 Å². The average Bonchev–Trinajstić information content (AvgIpc) is 3.36. The molecule has 0 amide bonds. The van der Waals surface area contributed by atoms with Crippen molar-refractivity contribution in [2.45, 2.75) is 0 Å². The lowest BCUT2D eigenvalue weighted by Crippen LogP contribution is -2.00. The van der Waals surface area contributed by atoms with E-state index >= 15 is 0 Å². The minimum Gasteiger partial charge on any atom is -0.456 e. The normalized spacial score (nSPS) is 11.6. The number of rotatable bonds is 3. The lowest BCUT2D eigenvalue weighted by molar-refractivity contribution is 0.669. The van der Waals surface area contributed by atoms with Gasteiger partial charge in [-0.2, -0.15) is 0 Å². The summed E-state index contributed by atoms with van der Waals surface area (Å²) in [5, 5.41) is 6.80. The molecule has 0 spiro atoms. The largest absolute Gasteiger partial charge is 0.456 e. The first-order valence-corrected chi connectivity index (χ1v) is 12.9. The summed E-state index contributed by atoms with van der Waals surface area (Å²) in [4.78, 5) is 14.8. The Labute approximate surface area is 224 Å². The van der Waals surface area contributed by atoms with Crippen LogP contribution in [0.25, 0.3) is 77.6 Å². The van der Waals surface area contributed by atoms with Gasteiger partial charge in [0.25, 0.3) is 0 Å². The third-order valence-electron chi connectivity index (χ3n) is 7.27. The van der Waals surface area contributed by atoms with Gasteiger partial charge in [-0.1, -0.05) is 91.0 Å². The summed E-state index contributed by atoms with van der Waals surface area (Å²) < 4.78 is 6.23. The van der Waals surface area contributed by atoms with Crippen molar-refractivity contribution in [3.63, 3.8) is 0 Å². The van der Waals surface area contributed by atoms with E-state index in [9.17, 15) is 0 Å². The zero-order valence-corrected chi connectivity index (χ0v) is 20.9. The first kappa shape index (κ1) is 21.7. The van der Waals surface area contributed by atoms with E-state index in [1.807, 2.05) is 54.6 Å². The lowest BCUT2D eigenvalue weighted by Gasteiger charge is -2.09. The van der Waals surface area contributed by atoms with Crippen molar-refractivity contribution >= 4 is 43.5 Å². The molecule has 0 unspecified atom stereocenters. The van der Waals surface area contributed by atoms with Gasteiger partial charge in [-0.05, 0) is 57.9 Å². The van der Waals surface area contributed by atoms with E-state index in [0.29, 0.717) is 17.5 Å². The van der Waals surface area contributed by atoms with Gasteiger partial charge >= 0.3 is 0 Å². The quantitative estimate of drug-likeness (QED) is 0.243. The minimum atomic E-state index is 0.629. The number of hydrogen-bond donors (Lipinski definition) is 0. The molecule has 0 saturated heterocycles. The number of hydrogen-bond acceptors (Lipinski definition) is 4. The Hall–Kier alpha value is -5.35. The second-order valence-electron chi connectivity index (χ2n) is 9.74. The molecule has 4 heteroatoms. The first-order chi connectivity index (χ1) is 19.3. The molecule has 8 rings (SSSR count). The van der Waals surface area contributed by atoms with Gasteiger partial charge in [-0.25, -0.2) is 15.0 Å². The average molecular weight is 500 g/mol. The van der Waals surface area contributed by atoms with E-state index in [4.69, 9.17) is 19.4 Å². The van der Waals surface area contributed by atoms with Crippen molar-refractivity contribution in [1.82, 2.24) is 15.0 Å². The number of nitrogens with zero attached hydrogens (tertiary/aromatic N) is 3. The number of aromatic nitrogens is 3. The molecule has 0 fully saturated rings. The fourth-order valence-corrected chi connectivity index (χ4v) is 5.28. The Morgan fingerprint density at radius 2 is 0.897 bits per heavy atom. The van der Waals surface area contributed by atoms with Crippen molar-refractivity contribution in [2.75, 3.05) is 0 Å². The first-order valence-electron chi connectivity index (χ1n) is 12.9. The van der Waals surface area contributed by atoms with Crippen LogP contribution in [0.15, 0.2) is 132 Å². The van der Waals surface area contributed by atoms with E-state index in [-0.39, 0.29) is 0 Å². The molecule has 2 heterocycles. The van der Waals surface area contributed by atoms with Gasteiger partial charge in [0.15, 0.2) is 17.5 Å². The highest BCUT2D eigenvalue weighted by Gasteiger charge is 2.15. The molecule has 6 aromatic carbocycles. The fraction of sp³-hybridized carbons (Fsp3) is 0. The second kappa shape index (κ2) is 8.61. The van der Waals surface area contributed by atoms with E-state index in [2.05, 4.69) is 72.8 Å². The lowest BCUT2D eigenvalue weighted by atomic mass is 10.0. The molecule has 0 aliphatic heterocycles. The highest BCUT2D eigenvalue weighted by Crippen LogP contribution is 2.35. The van der Waals surface area contributed by atoms with Crippen molar-refractivity contribution in [3.8, 4) is 34.2 Å². The monoisotopic (exact) mass is 499 g/mol. The molecule has 0 saturated carbocycles. The van der Waals surface area contributed by atoms with Gasteiger partial charge in [-0.15, -0.1) is 0 Å². The molecular formula is C35H21N3O. The summed E-state index contributed by atoms with van der Waals surface area (Å²) >= 11 is 0. The summed E-state index contributed by atoms with van der Waals surface area (Å²) in [6.07, 6.45) is 0. The van der Waals surface area contributed by atoms with Gasteiger partial charge in [0, 0.05) is 27.5 Å². The van der Waals surface area contributed by atoms with E-state index in [1.165, 1.54) is 10.8 Å². The molecule has 0 radical (unpaired) electrons. The summed E-state index contributed by atoms with van der Waals surface area (Å²) in [5.41, 5.74) is 4.54. The zero-order chi connectivity index (χ0) is 25.8. The fourth-order valence-electron chi connectivity index (χ4n) is 5.28. The molecule has 0 aliphatic rings. The van der Waals surface area contributed by atoms with Crippen LogP contribution in [0.1, 0.15) is 0 Å². The molecule has 0 atom stereocenters. The maximum Gasteiger partial charge on any atom is 0.164 e. The second-order valence-corrected chi connectivity index (χ2v) is 9.74. The molecule has 39 heavy (non-hydrogen) atoms. The summed E-state index contributed by atoms with van der Waals surface area (Å²) in [5.74, 6) is 1.92. The van der Waals surface area contributed by atoms with E-state index in [1.54, 1.807) is 0 Å². The third kappa shape index (κ3) is 3.73. The molecule has 0 bridgehead atoms. The van der Waals surface area contributed by atoms with Crippen LogP contribution in [0.3, 0.4) is 0 Å². The van der Waals surface area contributed by atoms with Crippen LogP contribution in [0.2, 0.25) is 0 Å². The molecule has 0 N–H and O–H groups in total. The Balaban J connectivity index is 1.34. The Morgan fingerprint density at radius 1 is 0.359 bits per heavy atom. The smallest absolute Gasteiger partial charge is 0.164 e. The van der Waals surface area contributed by atoms with Gasteiger partial charge in [0.05, 0.1) is 0 Å². The standard InChI is InChI=1S/C35H21N3O/c1-2-9-23(10-3-1)33-36-34(27-15-14-22-8-4-5-11-24(22)18-27)38-35(37-33)28-16-17-31-29(20-28)30-19-25-12-6-7-13-26(25)21-32(30)39-31/h1-21H. The van der Waals surface area contributed by atoms with Crippen LogP contribution in [0.5, 0.6) is 0 Å². The summed E-state index contributed by atoms with van der Waals surface area (Å²) in [6.45, 7) is 0. The topological polar surface area (TPSA) is 51.8 Å². The third-order valence-corrected chi connectivity index (χ3v) is 7.27. The molecular weight excluding hydrogens is 478 g/mol. The Morgan fingerprint density at radius 3 is 1.64 bits per heavy atom. The van der Waals surface area contributed by atoms with Crippen molar-refractivity contribution in [1.29, 1.82) is 0 Å². The number of fused-ring (bicyclic) bond motifs is 5. The van der Waals surface area contributed by atoms with Crippen LogP contribution in [0, 0.1) is 0 Å². The van der Waals surface area contributed by atoms with Crippen LogP contribution in [-0.4, -0.2) is 15.0 Å². The van der Waals surface area contributed by atoms with Crippen LogP contribution in [0.4, 0.5) is 0 Å². The van der Waals surface area contributed by atoms with Crippen molar-refractivity contribution in [3.05, 3.63) is 127 Å². The van der Waals surface area contributed by atoms with Gasteiger partial charge < -0.3 is 4.42 Å². The Bertz CT molecular complexity index is 2180. The predicted molar refractivity (Wildman–Crippen MR) is 158 cm³/mol. The summed E-state index contributed by atoms with van der Waals surface area (Å²) in [7, 11) is 0. The van der Waals surface area contributed by atoms with Crippen LogP contribution >= 0.6 is 0 Å². The predicted octanol–water partition coefficient (Wildman–Crippen LogP) is 9.08. The molecule has 4 nitrogen and oxygen atoms in total.